The largest absolute Gasteiger partial charge is 0.489 e. The first-order chi connectivity index (χ1) is 19.9. The van der Waals surface area contributed by atoms with E-state index in [-0.39, 0.29) is 43.7 Å². The topological polar surface area (TPSA) is 135 Å². The summed E-state index contributed by atoms with van der Waals surface area (Å²) < 4.78 is 71.3. The van der Waals surface area contributed by atoms with Crippen LogP contribution in [0.1, 0.15) is 25.0 Å². The molecular weight excluding hydrogens is 574 g/mol. The fourth-order valence-electron chi connectivity index (χ4n) is 4.48. The maximum absolute atomic E-state index is 13.6. The van der Waals surface area contributed by atoms with Crippen molar-refractivity contribution in [2.75, 3.05) is 19.9 Å². The normalized spacial score (nSPS) is 14.2. The summed E-state index contributed by atoms with van der Waals surface area (Å²) in [6, 6.07) is 12.8. The molecule has 0 saturated heterocycles. The molecule has 4 rings (SSSR count). The Balaban J connectivity index is 1.46. The Morgan fingerprint density at radius 3 is 2.29 bits per heavy atom. The third-order valence-corrected chi connectivity index (χ3v) is 8.25. The standard InChI is InChI=1S/C29H32F2N2O8S/c1-18(2)14-33(42(37,38)24-7-8-27-28(13-24)41-17-40-27)15-26(34)25(32-29(35)36)11-19-3-5-23(6-4-19)39-16-20-9-21(30)12-22(31)10-20/h3-10,12-13,18,25-26,32,34H,11,14-17H2,1-2H3,(H,35,36)/t25-,26-/m0/s1. The fourth-order valence-corrected chi connectivity index (χ4v) is 6.12. The maximum Gasteiger partial charge on any atom is 0.404 e. The Labute approximate surface area is 242 Å². The van der Waals surface area contributed by atoms with Crippen LogP contribution in [-0.4, -0.2) is 61.1 Å². The molecule has 0 aromatic heterocycles. The number of fused-ring (bicyclic) bond motifs is 1. The molecule has 42 heavy (non-hydrogen) atoms. The molecule has 1 heterocycles. The van der Waals surface area contributed by atoms with Crippen LogP contribution < -0.4 is 19.5 Å². The third-order valence-electron chi connectivity index (χ3n) is 6.42. The Hall–Kier alpha value is -3.94. The first-order valence-electron chi connectivity index (χ1n) is 13.1. The quantitative estimate of drug-likeness (QED) is 0.264. The zero-order valence-electron chi connectivity index (χ0n) is 23.0. The summed E-state index contributed by atoms with van der Waals surface area (Å²) in [6.07, 6.45) is -2.74. The van der Waals surface area contributed by atoms with Gasteiger partial charge < -0.3 is 29.7 Å². The number of hydrogen-bond acceptors (Lipinski definition) is 7. The van der Waals surface area contributed by atoms with Gasteiger partial charge in [-0.05, 0) is 59.9 Å². The maximum atomic E-state index is 13.6. The van der Waals surface area contributed by atoms with Crippen molar-refractivity contribution in [3.63, 3.8) is 0 Å². The van der Waals surface area contributed by atoms with Gasteiger partial charge in [0.1, 0.15) is 24.0 Å². The predicted octanol–water partition coefficient (Wildman–Crippen LogP) is 4.16. The van der Waals surface area contributed by atoms with Crippen LogP contribution in [0.25, 0.3) is 0 Å². The Morgan fingerprint density at radius 2 is 1.64 bits per heavy atom. The lowest BCUT2D eigenvalue weighted by Gasteiger charge is -2.30. The smallest absolute Gasteiger partial charge is 0.404 e. The van der Waals surface area contributed by atoms with Crippen LogP contribution in [0.5, 0.6) is 17.2 Å². The van der Waals surface area contributed by atoms with Gasteiger partial charge in [0.25, 0.3) is 0 Å². The van der Waals surface area contributed by atoms with Crippen LogP contribution in [0.2, 0.25) is 0 Å². The Bertz CT molecular complexity index is 1480. The van der Waals surface area contributed by atoms with Gasteiger partial charge in [-0.15, -0.1) is 0 Å². The summed E-state index contributed by atoms with van der Waals surface area (Å²) in [5.74, 6) is -0.394. The van der Waals surface area contributed by atoms with Crippen LogP contribution in [0.15, 0.2) is 65.6 Å². The fraction of sp³-hybridized carbons (Fsp3) is 0.345. The highest BCUT2D eigenvalue weighted by atomic mass is 32.2. The van der Waals surface area contributed by atoms with Crippen LogP contribution in [0, 0.1) is 17.6 Å². The van der Waals surface area contributed by atoms with Crippen molar-refractivity contribution in [1.82, 2.24) is 9.62 Å². The molecule has 0 spiro atoms. The van der Waals surface area contributed by atoms with Crippen LogP contribution in [0.4, 0.5) is 13.6 Å². The molecular formula is C29H32F2N2O8S. The van der Waals surface area contributed by atoms with Gasteiger partial charge >= 0.3 is 6.09 Å². The second-order valence-corrected chi connectivity index (χ2v) is 12.2. The lowest BCUT2D eigenvalue weighted by molar-refractivity contribution is 0.0980. The average Bonchev–Trinajstić information content (AvgIpc) is 3.39. The average molecular weight is 607 g/mol. The number of nitrogens with one attached hydrogen (secondary N) is 1. The van der Waals surface area contributed by atoms with Crippen molar-refractivity contribution >= 4 is 16.1 Å². The van der Waals surface area contributed by atoms with Gasteiger partial charge in [0.05, 0.1) is 17.0 Å². The molecule has 3 aromatic carbocycles. The number of hydrogen-bond donors (Lipinski definition) is 3. The number of carboxylic acid groups (broad SMARTS) is 1. The van der Waals surface area contributed by atoms with Crippen molar-refractivity contribution in [3.05, 3.63) is 83.4 Å². The highest BCUT2D eigenvalue weighted by Crippen LogP contribution is 2.35. The van der Waals surface area contributed by atoms with E-state index in [1.807, 2.05) is 13.8 Å². The highest BCUT2D eigenvalue weighted by molar-refractivity contribution is 7.89. The first kappa shape index (κ1) is 31.0. The van der Waals surface area contributed by atoms with Crippen molar-refractivity contribution < 1.29 is 46.4 Å². The van der Waals surface area contributed by atoms with Gasteiger partial charge in [0, 0.05) is 25.2 Å². The molecule has 0 fully saturated rings. The summed E-state index contributed by atoms with van der Waals surface area (Å²) in [6.45, 7) is 3.28. The first-order valence-corrected chi connectivity index (χ1v) is 14.6. The number of aliphatic hydroxyl groups is 1. The molecule has 1 amide bonds. The number of aliphatic hydroxyl groups excluding tert-OH is 1. The minimum atomic E-state index is -4.09. The molecule has 0 aliphatic carbocycles. The van der Waals surface area contributed by atoms with Gasteiger partial charge in [-0.3, -0.25) is 0 Å². The number of benzene rings is 3. The van der Waals surface area contributed by atoms with Gasteiger partial charge in [-0.2, -0.15) is 4.31 Å². The number of ether oxygens (including phenoxy) is 3. The lowest BCUT2D eigenvalue weighted by Crippen LogP contribution is -2.50. The zero-order chi connectivity index (χ0) is 30.4. The molecule has 0 unspecified atom stereocenters. The van der Waals surface area contributed by atoms with Gasteiger partial charge in [-0.25, -0.2) is 22.0 Å². The number of rotatable bonds is 13. The molecule has 0 saturated carbocycles. The van der Waals surface area contributed by atoms with Crippen LogP contribution in [-0.2, 0) is 23.1 Å². The number of carbonyl (C=O) groups is 1. The molecule has 3 aromatic rings. The minimum absolute atomic E-state index is 0.0180. The number of nitrogens with zero attached hydrogens (tertiary/aromatic N) is 1. The van der Waals surface area contributed by atoms with E-state index in [0.717, 1.165) is 22.5 Å². The number of halogens is 2. The van der Waals surface area contributed by atoms with Crippen molar-refractivity contribution in [2.45, 2.75) is 43.9 Å². The molecule has 1 aliphatic heterocycles. The van der Waals surface area contributed by atoms with Crippen LogP contribution in [0.3, 0.4) is 0 Å². The zero-order valence-corrected chi connectivity index (χ0v) is 23.8. The SMILES string of the molecule is CC(C)CN(C[C@H](O)[C@H](Cc1ccc(OCc2cc(F)cc(F)c2)cc1)NC(=O)O)S(=O)(=O)c1ccc2c(c1)OCO2. The molecule has 0 bridgehead atoms. The third kappa shape index (κ3) is 8.08. The molecule has 226 valence electrons. The van der Waals surface area contributed by atoms with E-state index in [1.165, 1.54) is 18.2 Å². The van der Waals surface area contributed by atoms with Gasteiger partial charge in [0.2, 0.25) is 16.8 Å². The van der Waals surface area contributed by atoms with Crippen LogP contribution >= 0.6 is 0 Å². The molecule has 3 N–H and O–H groups in total. The van der Waals surface area contributed by atoms with E-state index in [0.29, 0.717) is 28.4 Å². The van der Waals surface area contributed by atoms with E-state index in [9.17, 15) is 32.2 Å². The van der Waals surface area contributed by atoms with E-state index < -0.39 is 39.9 Å². The van der Waals surface area contributed by atoms with Gasteiger partial charge in [-0.1, -0.05) is 26.0 Å². The number of sulfonamides is 1. The highest BCUT2D eigenvalue weighted by Gasteiger charge is 2.32. The van der Waals surface area contributed by atoms with E-state index >= 15 is 0 Å². The second kappa shape index (κ2) is 13.4. The number of amides is 1. The molecule has 2 atom stereocenters. The molecule has 1 aliphatic rings. The molecule has 0 radical (unpaired) electrons. The molecule has 10 nitrogen and oxygen atoms in total. The Kier molecular flexibility index (Phi) is 9.86. The van der Waals surface area contributed by atoms with Crippen molar-refractivity contribution in [1.29, 1.82) is 0 Å². The summed E-state index contributed by atoms with van der Waals surface area (Å²) in [5.41, 5.74) is 0.943. The molecule has 13 heteroatoms. The Morgan fingerprint density at radius 1 is 0.976 bits per heavy atom. The van der Waals surface area contributed by atoms with Crippen molar-refractivity contribution in [2.24, 2.45) is 5.92 Å². The second-order valence-electron chi connectivity index (χ2n) is 10.3. The summed E-state index contributed by atoms with van der Waals surface area (Å²) in [4.78, 5) is 11.5. The minimum Gasteiger partial charge on any atom is -0.489 e. The van der Waals surface area contributed by atoms with Crippen molar-refractivity contribution in [3.8, 4) is 17.2 Å². The summed E-state index contributed by atoms with van der Waals surface area (Å²) in [5, 5.41) is 22.8. The van der Waals surface area contributed by atoms with Gasteiger partial charge in [0.15, 0.2) is 11.5 Å². The monoisotopic (exact) mass is 606 g/mol. The predicted molar refractivity (Wildman–Crippen MR) is 148 cm³/mol. The van der Waals surface area contributed by atoms with E-state index in [2.05, 4.69) is 5.32 Å². The van der Waals surface area contributed by atoms with E-state index in [4.69, 9.17) is 14.2 Å². The summed E-state index contributed by atoms with van der Waals surface area (Å²) in [7, 11) is -4.09. The summed E-state index contributed by atoms with van der Waals surface area (Å²) >= 11 is 0. The van der Waals surface area contributed by atoms with E-state index in [1.54, 1.807) is 24.3 Å². The lowest BCUT2D eigenvalue weighted by atomic mass is 10.0.